The summed E-state index contributed by atoms with van der Waals surface area (Å²) < 4.78 is 53.4. The fraction of sp³-hybridized carbons (Fsp3) is 0.516. The number of ether oxygens (including phenoxy) is 1. The lowest BCUT2D eigenvalue weighted by molar-refractivity contribution is -0.136. The van der Waals surface area contributed by atoms with E-state index in [1.807, 2.05) is 29.8 Å². The minimum absolute atomic E-state index is 0.167. The number of alkyl halides is 3. The van der Waals surface area contributed by atoms with E-state index in [1.54, 1.807) is 18.6 Å². The fourth-order valence-corrected chi connectivity index (χ4v) is 6.83. The van der Waals surface area contributed by atoms with Gasteiger partial charge in [-0.15, -0.1) is 10.2 Å². The monoisotopic (exact) mass is 597 g/mol. The molecule has 0 radical (unpaired) electrons. The first-order valence-electron chi connectivity index (χ1n) is 14.8. The molecule has 6 rings (SSSR count). The second-order valence-corrected chi connectivity index (χ2v) is 12.4. The predicted molar refractivity (Wildman–Crippen MR) is 156 cm³/mol. The predicted octanol–water partition coefficient (Wildman–Crippen LogP) is 4.11. The van der Waals surface area contributed by atoms with Crippen LogP contribution in [0.4, 0.5) is 13.2 Å². The molecule has 12 heteroatoms. The van der Waals surface area contributed by atoms with Gasteiger partial charge in [-0.25, -0.2) is 4.79 Å². The lowest BCUT2D eigenvalue weighted by atomic mass is 9.73. The van der Waals surface area contributed by atoms with Gasteiger partial charge in [-0.05, 0) is 55.1 Å². The molecular weight excluding hydrogens is 559 g/mol. The number of halogens is 3. The number of hydrogen-bond acceptors (Lipinski definition) is 6. The number of benzene rings is 1. The molecular formula is C31H38F3N7O2. The summed E-state index contributed by atoms with van der Waals surface area (Å²) in [5.41, 5.74) is -0.148. The largest absolute Gasteiger partial charge is 0.418 e. The lowest BCUT2D eigenvalue weighted by Crippen LogP contribution is -2.53. The lowest BCUT2D eigenvalue weighted by Gasteiger charge is -2.42. The highest BCUT2D eigenvalue weighted by Gasteiger charge is 2.41. The zero-order valence-electron chi connectivity index (χ0n) is 25.0. The van der Waals surface area contributed by atoms with Crippen molar-refractivity contribution in [2.45, 2.75) is 50.9 Å². The number of imidazole rings is 1. The van der Waals surface area contributed by atoms with Crippen LogP contribution in [0.1, 0.15) is 49.2 Å². The molecule has 0 spiro atoms. The van der Waals surface area contributed by atoms with Gasteiger partial charge < -0.3 is 14.2 Å². The van der Waals surface area contributed by atoms with Crippen LogP contribution in [0, 0.1) is 5.92 Å². The minimum Gasteiger partial charge on any atom is -0.381 e. The first-order chi connectivity index (χ1) is 20.5. The third-order valence-electron chi connectivity index (χ3n) is 9.18. The number of aromatic nitrogens is 5. The molecule has 0 aliphatic carbocycles. The van der Waals surface area contributed by atoms with Gasteiger partial charge in [0.05, 0.1) is 22.2 Å². The van der Waals surface area contributed by atoms with E-state index in [4.69, 9.17) is 4.74 Å². The average Bonchev–Trinajstić information content (AvgIpc) is 3.56. The molecule has 4 aromatic rings. The summed E-state index contributed by atoms with van der Waals surface area (Å²) in [6.07, 6.45) is 1.24. The second-order valence-electron chi connectivity index (χ2n) is 12.4. The Bertz CT molecular complexity index is 1670. The van der Waals surface area contributed by atoms with E-state index < -0.39 is 22.8 Å². The van der Waals surface area contributed by atoms with E-state index in [0.717, 1.165) is 35.4 Å². The molecule has 2 fully saturated rings. The molecule has 0 amide bonds. The van der Waals surface area contributed by atoms with Crippen LogP contribution in [0.2, 0.25) is 0 Å². The molecule has 1 aromatic carbocycles. The minimum atomic E-state index is -4.63. The molecule has 2 aliphatic rings. The third kappa shape index (κ3) is 5.40. The van der Waals surface area contributed by atoms with Crippen LogP contribution < -0.4 is 5.69 Å². The van der Waals surface area contributed by atoms with Crippen molar-refractivity contribution in [1.82, 2.24) is 33.5 Å². The summed E-state index contributed by atoms with van der Waals surface area (Å²) in [7, 11) is 3.96. The normalized spacial score (nSPS) is 20.3. The summed E-state index contributed by atoms with van der Waals surface area (Å²) in [4.78, 5) is 18.3. The van der Waals surface area contributed by atoms with Gasteiger partial charge in [-0.1, -0.05) is 26.0 Å². The van der Waals surface area contributed by atoms with Gasteiger partial charge in [0.1, 0.15) is 12.2 Å². The Kier molecular flexibility index (Phi) is 7.72. The van der Waals surface area contributed by atoms with Crippen molar-refractivity contribution in [3.63, 3.8) is 0 Å². The topological polar surface area (TPSA) is 72.8 Å². The van der Waals surface area contributed by atoms with Crippen LogP contribution in [0.15, 0.2) is 53.8 Å². The van der Waals surface area contributed by atoms with Crippen molar-refractivity contribution in [1.29, 1.82) is 0 Å². The van der Waals surface area contributed by atoms with Crippen molar-refractivity contribution in [2.24, 2.45) is 13.0 Å². The summed E-state index contributed by atoms with van der Waals surface area (Å²) >= 11 is 0. The summed E-state index contributed by atoms with van der Waals surface area (Å²) in [6.45, 7) is 8.12. The molecule has 0 N–H and O–H groups in total. The van der Waals surface area contributed by atoms with Crippen molar-refractivity contribution >= 4 is 5.52 Å². The smallest absolute Gasteiger partial charge is 0.381 e. The highest BCUT2D eigenvalue weighted by Crippen LogP contribution is 2.41. The summed E-state index contributed by atoms with van der Waals surface area (Å²) in [5, 5.41) is 8.51. The Labute approximate surface area is 248 Å². The molecule has 0 unspecified atom stereocenters. The fourth-order valence-electron chi connectivity index (χ4n) is 6.83. The molecule has 3 aromatic heterocycles. The van der Waals surface area contributed by atoms with E-state index in [2.05, 4.69) is 40.9 Å². The van der Waals surface area contributed by atoms with Crippen LogP contribution in [0.3, 0.4) is 0 Å². The summed E-state index contributed by atoms with van der Waals surface area (Å²) in [5.74, 6) is 1.13. The number of rotatable bonds is 6. The van der Waals surface area contributed by atoms with E-state index in [9.17, 15) is 18.0 Å². The first kappa shape index (κ1) is 29.6. The van der Waals surface area contributed by atoms with Gasteiger partial charge in [0.15, 0.2) is 0 Å². The van der Waals surface area contributed by atoms with Crippen LogP contribution >= 0.6 is 0 Å². The van der Waals surface area contributed by atoms with Crippen molar-refractivity contribution in [3.8, 4) is 5.69 Å². The Morgan fingerprint density at radius 1 is 1.09 bits per heavy atom. The maximum Gasteiger partial charge on any atom is 0.418 e. The van der Waals surface area contributed by atoms with Crippen molar-refractivity contribution in [2.75, 3.05) is 39.9 Å². The molecule has 43 heavy (non-hydrogen) atoms. The molecule has 2 saturated heterocycles. The maximum atomic E-state index is 14.5. The number of aryl methyl sites for hydroxylation is 1. The van der Waals surface area contributed by atoms with E-state index >= 15 is 0 Å². The standard InChI is InChI=1S/C31H38F3N7O2/c1-21(2)26-18-37(3)10-11-39(26)16-22-14-25(31(32,33)34)27-19-40(29(42)41(27)17-22)24-7-5-6-23(15-24)30(8-12-43-13-9-30)28-36-35-20-38(28)4/h5-7,14-15,17,19-21,26H,8-13,16,18H2,1-4H3/t26-/m1/s1. The van der Waals surface area contributed by atoms with Gasteiger partial charge in [0.2, 0.25) is 0 Å². The van der Waals surface area contributed by atoms with Crippen LogP contribution in [-0.2, 0) is 29.9 Å². The molecule has 0 bridgehead atoms. The van der Waals surface area contributed by atoms with Gasteiger partial charge in [0, 0.05) is 64.9 Å². The van der Waals surface area contributed by atoms with Crippen molar-refractivity contribution in [3.05, 3.63) is 82.1 Å². The number of fused-ring (bicyclic) bond motifs is 1. The molecule has 230 valence electrons. The number of piperazine rings is 1. The zero-order valence-corrected chi connectivity index (χ0v) is 25.0. The van der Waals surface area contributed by atoms with Crippen LogP contribution in [0.25, 0.3) is 11.2 Å². The quantitative estimate of drug-likeness (QED) is 0.333. The Morgan fingerprint density at radius 2 is 1.86 bits per heavy atom. The Balaban J connectivity index is 1.44. The number of pyridine rings is 1. The second kappa shape index (κ2) is 11.2. The number of nitrogens with zero attached hydrogens (tertiary/aromatic N) is 7. The van der Waals surface area contributed by atoms with Crippen LogP contribution in [0.5, 0.6) is 0 Å². The number of hydrogen-bond donors (Lipinski definition) is 0. The molecule has 5 heterocycles. The molecule has 2 aliphatic heterocycles. The molecule has 1 atom stereocenters. The van der Waals surface area contributed by atoms with E-state index in [1.165, 1.54) is 16.8 Å². The molecule has 9 nitrogen and oxygen atoms in total. The van der Waals surface area contributed by atoms with E-state index in [0.29, 0.717) is 49.8 Å². The Morgan fingerprint density at radius 3 is 2.53 bits per heavy atom. The van der Waals surface area contributed by atoms with Gasteiger partial charge in [-0.2, -0.15) is 13.2 Å². The van der Waals surface area contributed by atoms with Gasteiger partial charge in [0.25, 0.3) is 0 Å². The van der Waals surface area contributed by atoms with Gasteiger partial charge >= 0.3 is 11.9 Å². The highest BCUT2D eigenvalue weighted by atomic mass is 19.4. The van der Waals surface area contributed by atoms with Crippen molar-refractivity contribution < 1.29 is 17.9 Å². The Hall–Kier alpha value is -3.48. The number of likely N-dealkylation sites (N-methyl/N-ethyl adjacent to an activating group) is 1. The highest BCUT2D eigenvalue weighted by molar-refractivity contribution is 5.58. The summed E-state index contributed by atoms with van der Waals surface area (Å²) in [6, 6.07) is 8.86. The maximum absolute atomic E-state index is 14.5. The molecule has 0 saturated carbocycles. The third-order valence-corrected chi connectivity index (χ3v) is 9.18. The average molecular weight is 598 g/mol. The van der Waals surface area contributed by atoms with Crippen LogP contribution in [-0.4, -0.2) is 79.5 Å². The SMILES string of the molecule is CC(C)[C@H]1CN(C)CCN1Cc1cc(C(F)(F)F)c2cn(-c3cccc(C4(c5nncn5C)CCOCC4)c3)c(=O)n2c1. The first-order valence-corrected chi connectivity index (χ1v) is 14.8. The zero-order chi connectivity index (χ0) is 30.5. The van der Waals surface area contributed by atoms with E-state index in [-0.39, 0.29) is 11.6 Å². The van der Waals surface area contributed by atoms with Gasteiger partial charge in [-0.3, -0.25) is 13.9 Å².